The molecule has 2 aromatic rings. The third-order valence-corrected chi connectivity index (χ3v) is 8.92. The molecule has 0 bridgehead atoms. The first-order valence-electron chi connectivity index (χ1n) is 11.6. The van der Waals surface area contributed by atoms with Gasteiger partial charge in [-0.3, -0.25) is 14.7 Å². The minimum Gasteiger partial charge on any atom is -0.497 e. The smallest absolute Gasteiger partial charge is 0.269 e. The number of fused-ring (bicyclic) bond motifs is 1. The number of ether oxygens (including phenoxy) is 1. The molecule has 0 N–H and O–H groups in total. The number of aliphatic imine (C=N–C) groups is 1. The van der Waals surface area contributed by atoms with Crippen molar-refractivity contribution in [3.63, 3.8) is 0 Å². The standard InChI is InChI=1S/C26H29N3O2S2/c1-28-21-17-20(31-2)13-14-22(21)32-25(28)23-24(30)29(19-11-7-4-8-12-19)26(33-23)27-16-15-18-9-5-3-6-10-18/h3,5-6,9-10,13-14,17,19H,4,7-8,11-12,15-16H2,1-2H3. The first kappa shape index (κ1) is 22.4. The molecule has 2 aromatic carbocycles. The van der Waals surface area contributed by atoms with Gasteiger partial charge in [0.25, 0.3) is 5.91 Å². The molecule has 2 heterocycles. The number of hydrogen-bond acceptors (Lipinski definition) is 6. The van der Waals surface area contributed by atoms with E-state index in [0.717, 1.165) is 50.7 Å². The van der Waals surface area contributed by atoms with Crippen LogP contribution in [0.4, 0.5) is 5.69 Å². The van der Waals surface area contributed by atoms with Crippen LogP contribution in [0.1, 0.15) is 37.7 Å². The summed E-state index contributed by atoms with van der Waals surface area (Å²) in [4.78, 5) is 24.8. The molecule has 7 heteroatoms. The number of hydrogen-bond donors (Lipinski definition) is 0. The van der Waals surface area contributed by atoms with Crippen molar-refractivity contribution in [2.24, 2.45) is 4.99 Å². The predicted molar refractivity (Wildman–Crippen MR) is 138 cm³/mol. The maximum Gasteiger partial charge on any atom is 0.269 e. The Morgan fingerprint density at radius 2 is 1.85 bits per heavy atom. The van der Waals surface area contributed by atoms with Crippen molar-refractivity contribution in [1.29, 1.82) is 0 Å². The first-order chi connectivity index (χ1) is 16.2. The molecule has 2 aliphatic heterocycles. The molecule has 2 fully saturated rings. The van der Waals surface area contributed by atoms with Gasteiger partial charge in [0.15, 0.2) is 5.17 Å². The second-order valence-electron chi connectivity index (χ2n) is 8.60. The Kier molecular flexibility index (Phi) is 6.69. The number of nitrogens with zero attached hydrogens (tertiary/aromatic N) is 3. The Morgan fingerprint density at radius 1 is 1.06 bits per heavy atom. The zero-order valence-corrected chi connectivity index (χ0v) is 20.8. The molecule has 1 aliphatic carbocycles. The zero-order valence-electron chi connectivity index (χ0n) is 19.1. The highest BCUT2D eigenvalue weighted by Crippen LogP contribution is 2.51. The number of amidine groups is 1. The Balaban J connectivity index is 1.44. The average molecular weight is 480 g/mol. The molecule has 1 amide bonds. The zero-order chi connectivity index (χ0) is 22.8. The minimum absolute atomic E-state index is 0.111. The van der Waals surface area contributed by atoms with Crippen LogP contribution in [0.2, 0.25) is 0 Å². The normalized spacial score (nSPS) is 22.4. The summed E-state index contributed by atoms with van der Waals surface area (Å²) >= 11 is 3.21. The van der Waals surface area contributed by atoms with E-state index in [1.54, 1.807) is 30.6 Å². The summed E-state index contributed by atoms with van der Waals surface area (Å²) in [5, 5.41) is 1.86. The lowest BCUT2D eigenvalue weighted by atomic mass is 9.94. The maximum atomic E-state index is 13.8. The van der Waals surface area contributed by atoms with Crippen LogP contribution in [-0.4, -0.2) is 42.7 Å². The van der Waals surface area contributed by atoms with E-state index in [9.17, 15) is 4.79 Å². The lowest BCUT2D eigenvalue weighted by Crippen LogP contribution is -2.40. The summed E-state index contributed by atoms with van der Waals surface area (Å²) in [6.07, 6.45) is 6.63. The van der Waals surface area contributed by atoms with Crippen LogP contribution in [0.25, 0.3) is 0 Å². The molecule has 5 nitrogen and oxygen atoms in total. The van der Waals surface area contributed by atoms with Gasteiger partial charge in [-0.25, -0.2) is 0 Å². The van der Waals surface area contributed by atoms with Gasteiger partial charge in [0.1, 0.15) is 10.7 Å². The quantitative estimate of drug-likeness (QED) is 0.499. The SMILES string of the molecule is COc1ccc2c(c1)N(C)C(=C1SC(=NCCc3ccccc3)N(C3CCCCC3)C1=O)S2. The third kappa shape index (κ3) is 4.53. The monoisotopic (exact) mass is 479 g/mol. The van der Waals surface area contributed by atoms with E-state index in [1.165, 1.54) is 24.8 Å². The fourth-order valence-electron chi connectivity index (χ4n) is 4.66. The average Bonchev–Trinajstić information content (AvgIpc) is 3.36. The van der Waals surface area contributed by atoms with Crippen molar-refractivity contribution >= 4 is 40.3 Å². The third-order valence-electron chi connectivity index (χ3n) is 6.48. The van der Waals surface area contributed by atoms with Crippen LogP contribution in [-0.2, 0) is 11.2 Å². The lowest BCUT2D eigenvalue weighted by Gasteiger charge is -2.30. The Bertz CT molecular complexity index is 1090. The van der Waals surface area contributed by atoms with Crippen LogP contribution < -0.4 is 9.64 Å². The second kappa shape index (κ2) is 9.85. The van der Waals surface area contributed by atoms with E-state index in [4.69, 9.17) is 9.73 Å². The highest BCUT2D eigenvalue weighted by atomic mass is 32.2. The van der Waals surface area contributed by atoms with Gasteiger partial charge in [0, 0.05) is 30.6 Å². The minimum atomic E-state index is 0.111. The topological polar surface area (TPSA) is 45.1 Å². The molecule has 0 aromatic heterocycles. The number of benzene rings is 2. The van der Waals surface area contributed by atoms with Crippen LogP contribution in [0.3, 0.4) is 0 Å². The fourth-order valence-corrected chi connectivity index (χ4v) is 7.05. The van der Waals surface area contributed by atoms with Crippen molar-refractivity contribution in [2.75, 3.05) is 25.6 Å². The number of carbonyl (C=O) groups excluding carboxylic acids is 1. The van der Waals surface area contributed by atoms with Crippen molar-refractivity contribution in [3.8, 4) is 5.75 Å². The largest absolute Gasteiger partial charge is 0.497 e. The number of carbonyl (C=O) groups is 1. The van der Waals surface area contributed by atoms with Gasteiger partial charge in [0.2, 0.25) is 0 Å². The van der Waals surface area contributed by atoms with E-state index < -0.39 is 0 Å². The summed E-state index contributed by atoms with van der Waals surface area (Å²) in [5.41, 5.74) is 2.35. The lowest BCUT2D eigenvalue weighted by molar-refractivity contribution is -0.124. The van der Waals surface area contributed by atoms with Gasteiger partial charge in [-0.1, -0.05) is 61.4 Å². The molecule has 0 unspecified atom stereocenters. The Labute approximate surface area is 204 Å². The number of anilines is 1. The molecule has 33 heavy (non-hydrogen) atoms. The van der Waals surface area contributed by atoms with Gasteiger partial charge < -0.3 is 9.64 Å². The van der Waals surface area contributed by atoms with Gasteiger partial charge in [-0.05, 0) is 48.7 Å². The molecular weight excluding hydrogens is 450 g/mol. The summed E-state index contributed by atoms with van der Waals surface area (Å²) < 4.78 is 5.41. The summed E-state index contributed by atoms with van der Waals surface area (Å²) in [7, 11) is 3.71. The van der Waals surface area contributed by atoms with E-state index in [2.05, 4.69) is 35.2 Å². The Hall–Kier alpha value is -2.38. The summed E-state index contributed by atoms with van der Waals surface area (Å²) in [6.45, 7) is 0.686. The first-order valence-corrected chi connectivity index (χ1v) is 13.2. The number of thioether (sulfide) groups is 2. The summed E-state index contributed by atoms with van der Waals surface area (Å²) in [5.74, 6) is 0.935. The number of amides is 1. The molecule has 0 atom stereocenters. The molecular formula is C26H29N3O2S2. The Morgan fingerprint density at radius 3 is 2.61 bits per heavy atom. The molecule has 1 saturated heterocycles. The van der Waals surface area contributed by atoms with Crippen molar-refractivity contribution in [1.82, 2.24) is 4.90 Å². The van der Waals surface area contributed by atoms with E-state index in [-0.39, 0.29) is 11.9 Å². The van der Waals surface area contributed by atoms with Gasteiger partial charge in [0.05, 0.1) is 17.8 Å². The second-order valence-corrected chi connectivity index (χ2v) is 10.6. The van der Waals surface area contributed by atoms with Crippen LogP contribution >= 0.6 is 23.5 Å². The van der Waals surface area contributed by atoms with Gasteiger partial charge in [-0.15, -0.1) is 0 Å². The van der Waals surface area contributed by atoms with Crippen molar-refractivity contribution < 1.29 is 9.53 Å². The van der Waals surface area contributed by atoms with Crippen LogP contribution in [0.5, 0.6) is 5.75 Å². The van der Waals surface area contributed by atoms with E-state index in [0.29, 0.717) is 6.54 Å². The molecule has 5 rings (SSSR count). The van der Waals surface area contributed by atoms with Gasteiger partial charge in [-0.2, -0.15) is 0 Å². The summed E-state index contributed by atoms with van der Waals surface area (Å²) in [6, 6.07) is 16.8. The maximum absolute atomic E-state index is 13.8. The molecule has 0 spiro atoms. The molecule has 172 valence electrons. The predicted octanol–water partition coefficient (Wildman–Crippen LogP) is 5.91. The van der Waals surface area contributed by atoms with E-state index >= 15 is 0 Å². The van der Waals surface area contributed by atoms with Crippen molar-refractivity contribution in [2.45, 2.75) is 49.5 Å². The molecule has 0 radical (unpaired) electrons. The highest BCUT2D eigenvalue weighted by Gasteiger charge is 2.42. The molecule has 3 aliphatic rings. The van der Waals surface area contributed by atoms with Crippen LogP contribution in [0.15, 0.2) is 68.4 Å². The fraction of sp³-hybridized carbons (Fsp3) is 0.385. The van der Waals surface area contributed by atoms with Gasteiger partial charge >= 0.3 is 0 Å². The van der Waals surface area contributed by atoms with Crippen LogP contribution in [0, 0.1) is 0 Å². The number of rotatable bonds is 5. The molecule has 1 saturated carbocycles. The van der Waals surface area contributed by atoms with Crippen molar-refractivity contribution in [3.05, 3.63) is 64.0 Å². The highest BCUT2D eigenvalue weighted by molar-refractivity contribution is 8.19. The number of methoxy groups -OCH3 is 1. The van der Waals surface area contributed by atoms with E-state index in [1.807, 2.05) is 30.1 Å².